The normalized spacial score (nSPS) is 14.3. The van der Waals surface area contributed by atoms with Crippen LogP contribution in [0.3, 0.4) is 0 Å². The summed E-state index contributed by atoms with van der Waals surface area (Å²) in [5, 5.41) is 10.3. The Morgan fingerprint density at radius 2 is 1.95 bits per heavy atom. The summed E-state index contributed by atoms with van der Waals surface area (Å²) < 4.78 is 10.8. The molecular formula is C15H17NO3S. The summed E-state index contributed by atoms with van der Waals surface area (Å²) in [6.45, 7) is 0.517. The number of aromatic nitrogens is 1. The van der Waals surface area contributed by atoms with Gasteiger partial charge in [-0.3, -0.25) is 0 Å². The number of aliphatic hydroxyl groups is 1. The quantitative estimate of drug-likeness (QED) is 0.888. The van der Waals surface area contributed by atoms with Crippen LogP contribution in [-0.4, -0.2) is 17.2 Å². The van der Waals surface area contributed by atoms with Crippen LogP contribution in [0.15, 0.2) is 24.3 Å². The molecule has 3 rings (SSSR count). The van der Waals surface area contributed by atoms with Crippen LogP contribution in [0.5, 0.6) is 11.5 Å². The van der Waals surface area contributed by atoms with Crippen molar-refractivity contribution in [2.24, 2.45) is 0 Å². The fraction of sp³-hybridized carbons (Fsp3) is 0.400. The van der Waals surface area contributed by atoms with E-state index in [1.165, 1.54) is 12.8 Å². The maximum Gasteiger partial charge on any atom is 0.140 e. The Bertz CT molecular complexity index is 575. The van der Waals surface area contributed by atoms with Crippen LogP contribution in [0.4, 0.5) is 0 Å². The molecular weight excluding hydrogens is 274 g/mol. The van der Waals surface area contributed by atoms with Crippen molar-refractivity contribution in [1.29, 1.82) is 0 Å². The maximum atomic E-state index is 9.37. The zero-order chi connectivity index (χ0) is 13.9. The monoisotopic (exact) mass is 291 g/mol. The van der Waals surface area contributed by atoms with E-state index in [-0.39, 0.29) is 6.61 Å². The average molecular weight is 291 g/mol. The molecule has 5 heteroatoms. The van der Waals surface area contributed by atoms with Crippen molar-refractivity contribution in [3.05, 3.63) is 39.8 Å². The molecule has 1 aromatic carbocycles. The Labute approximate surface area is 122 Å². The highest BCUT2D eigenvalue weighted by Gasteiger charge is 2.29. The molecule has 106 valence electrons. The highest BCUT2D eigenvalue weighted by molar-refractivity contribution is 7.11. The van der Waals surface area contributed by atoms with Crippen LogP contribution in [-0.2, 0) is 13.2 Å². The molecule has 1 heterocycles. The van der Waals surface area contributed by atoms with E-state index < -0.39 is 0 Å². The van der Waals surface area contributed by atoms with Crippen LogP contribution in [0.2, 0.25) is 0 Å². The summed E-state index contributed by atoms with van der Waals surface area (Å²) in [4.78, 5) is 5.59. The molecule has 4 nitrogen and oxygen atoms in total. The van der Waals surface area contributed by atoms with E-state index in [0.29, 0.717) is 12.5 Å². The fourth-order valence-electron chi connectivity index (χ4n) is 2.08. The van der Waals surface area contributed by atoms with Crippen LogP contribution < -0.4 is 9.47 Å². The van der Waals surface area contributed by atoms with Crippen molar-refractivity contribution in [3.8, 4) is 11.5 Å². The van der Waals surface area contributed by atoms with Gasteiger partial charge in [0.2, 0.25) is 0 Å². The molecule has 1 aliphatic rings. The molecule has 0 radical (unpaired) electrons. The van der Waals surface area contributed by atoms with Gasteiger partial charge >= 0.3 is 0 Å². The molecule has 1 aromatic heterocycles. The van der Waals surface area contributed by atoms with Gasteiger partial charge in [-0.2, -0.15) is 0 Å². The van der Waals surface area contributed by atoms with E-state index in [4.69, 9.17) is 9.47 Å². The highest BCUT2D eigenvalue weighted by Crippen LogP contribution is 2.42. The molecule has 0 aliphatic heterocycles. The lowest BCUT2D eigenvalue weighted by molar-refractivity contribution is 0.284. The number of ether oxygens (including phenoxy) is 2. The molecule has 2 aromatic rings. The van der Waals surface area contributed by atoms with Crippen molar-refractivity contribution >= 4 is 11.3 Å². The van der Waals surface area contributed by atoms with Gasteiger partial charge in [-0.25, -0.2) is 4.98 Å². The number of methoxy groups -OCH3 is 1. The third-order valence-corrected chi connectivity index (χ3v) is 4.33. The van der Waals surface area contributed by atoms with Gasteiger partial charge < -0.3 is 14.6 Å². The Morgan fingerprint density at radius 1 is 1.25 bits per heavy atom. The summed E-state index contributed by atoms with van der Waals surface area (Å²) in [6, 6.07) is 7.49. The lowest BCUT2D eigenvalue weighted by atomic mass is 10.2. The fourth-order valence-corrected chi connectivity index (χ4v) is 3.01. The molecule has 0 atom stereocenters. The summed E-state index contributed by atoms with van der Waals surface area (Å²) in [7, 11) is 1.64. The first kappa shape index (κ1) is 13.4. The number of aliphatic hydroxyl groups excluding tert-OH is 1. The smallest absolute Gasteiger partial charge is 0.140 e. The van der Waals surface area contributed by atoms with E-state index in [0.717, 1.165) is 27.1 Å². The van der Waals surface area contributed by atoms with Crippen molar-refractivity contribution in [1.82, 2.24) is 4.98 Å². The topological polar surface area (TPSA) is 51.6 Å². The lowest BCUT2D eigenvalue weighted by Crippen LogP contribution is -1.95. The van der Waals surface area contributed by atoms with Crippen LogP contribution in [0, 0.1) is 0 Å². The molecule has 20 heavy (non-hydrogen) atoms. The minimum atomic E-state index is 0.0754. The third kappa shape index (κ3) is 2.94. The molecule has 1 aliphatic carbocycles. The molecule has 0 spiro atoms. The minimum Gasteiger partial charge on any atom is -0.497 e. The van der Waals surface area contributed by atoms with E-state index in [2.05, 4.69) is 4.98 Å². The summed E-state index contributed by atoms with van der Waals surface area (Å²) in [6.07, 6.45) is 2.38. The van der Waals surface area contributed by atoms with Crippen LogP contribution in [0.1, 0.15) is 34.3 Å². The summed E-state index contributed by atoms with van der Waals surface area (Å²) in [5.41, 5.74) is 1.07. The first-order valence-electron chi connectivity index (χ1n) is 6.66. The molecule has 1 saturated carbocycles. The zero-order valence-corrected chi connectivity index (χ0v) is 12.2. The number of benzene rings is 1. The third-order valence-electron chi connectivity index (χ3n) is 3.30. The average Bonchev–Trinajstić information content (AvgIpc) is 3.26. The number of rotatable bonds is 6. The van der Waals surface area contributed by atoms with E-state index in [1.807, 2.05) is 24.3 Å². The highest BCUT2D eigenvalue weighted by atomic mass is 32.1. The number of hydrogen-bond donors (Lipinski definition) is 1. The van der Waals surface area contributed by atoms with Gasteiger partial charge in [0.15, 0.2) is 0 Å². The second kappa shape index (κ2) is 5.81. The molecule has 1 fully saturated rings. The first-order chi connectivity index (χ1) is 9.80. The van der Waals surface area contributed by atoms with Crippen LogP contribution in [0.25, 0.3) is 0 Å². The Balaban J connectivity index is 1.65. The predicted molar refractivity (Wildman–Crippen MR) is 77.3 cm³/mol. The number of hydrogen-bond acceptors (Lipinski definition) is 5. The van der Waals surface area contributed by atoms with E-state index >= 15 is 0 Å². The van der Waals surface area contributed by atoms with Crippen molar-refractivity contribution in [2.45, 2.75) is 32.0 Å². The van der Waals surface area contributed by atoms with Crippen molar-refractivity contribution in [3.63, 3.8) is 0 Å². The second-order valence-corrected chi connectivity index (χ2v) is 5.98. The van der Waals surface area contributed by atoms with Crippen molar-refractivity contribution in [2.75, 3.05) is 7.11 Å². The predicted octanol–water partition coefficient (Wildman–Crippen LogP) is 3.10. The van der Waals surface area contributed by atoms with E-state index in [9.17, 15) is 5.11 Å². The Morgan fingerprint density at radius 3 is 2.55 bits per heavy atom. The van der Waals surface area contributed by atoms with Gasteiger partial charge in [-0.15, -0.1) is 11.3 Å². The molecule has 0 amide bonds. The minimum absolute atomic E-state index is 0.0754. The Hall–Kier alpha value is -1.59. The molecule has 0 bridgehead atoms. The largest absolute Gasteiger partial charge is 0.497 e. The summed E-state index contributed by atoms with van der Waals surface area (Å²) in [5.74, 6) is 2.16. The molecule has 0 unspecified atom stereocenters. The van der Waals surface area contributed by atoms with Gasteiger partial charge in [0, 0.05) is 5.92 Å². The number of thiazole rings is 1. The van der Waals surface area contributed by atoms with Gasteiger partial charge in [-0.05, 0) is 37.1 Å². The van der Waals surface area contributed by atoms with Crippen molar-refractivity contribution < 1.29 is 14.6 Å². The summed E-state index contributed by atoms with van der Waals surface area (Å²) >= 11 is 1.54. The van der Waals surface area contributed by atoms with Gasteiger partial charge in [0.25, 0.3) is 0 Å². The number of nitrogens with zero attached hydrogens (tertiary/aromatic N) is 1. The van der Waals surface area contributed by atoms with Gasteiger partial charge in [-0.1, -0.05) is 0 Å². The Kier molecular flexibility index (Phi) is 3.89. The first-order valence-corrected chi connectivity index (χ1v) is 7.48. The standard InChI is InChI=1S/C15H17NO3S/c1-18-11-4-6-12(7-5-11)19-9-14-16-15(10-2-3-10)13(8-17)20-14/h4-7,10,17H,2-3,8-9H2,1H3. The SMILES string of the molecule is COc1ccc(OCc2nc(C3CC3)c(CO)s2)cc1. The van der Waals surface area contributed by atoms with E-state index in [1.54, 1.807) is 18.4 Å². The van der Waals surface area contributed by atoms with Gasteiger partial charge in [0.1, 0.15) is 23.1 Å². The molecule has 1 N–H and O–H groups in total. The van der Waals surface area contributed by atoms with Gasteiger partial charge in [0.05, 0.1) is 24.3 Å². The maximum absolute atomic E-state index is 9.37. The second-order valence-electron chi connectivity index (χ2n) is 4.81. The molecule has 0 saturated heterocycles. The zero-order valence-electron chi connectivity index (χ0n) is 11.3. The van der Waals surface area contributed by atoms with Crippen LogP contribution >= 0.6 is 11.3 Å². The lowest BCUT2D eigenvalue weighted by Gasteiger charge is -2.04.